The Balaban J connectivity index is 1.67. The van der Waals surface area contributed by atoms with Gasteiger partial charge < -0.3 is 4.74 Å². The maximum absolute atomic E-state index is 5.62. The highest BCUT2D eigenvalue weighted by atomic mass is 16.5. The lowest BCUT2D eigenvalue weighted by molar-refractivity contribution is 0.121. The van der Waals surface area contributed by atoms with Crippen molar-refractivity contribution in [2.24, 2.45) is 0 Å². The number of fused-ring (bicyclic) bond motifs is 1. The summed E-state index contributed by atoms with van der Waals surface area (Å²) < 4.78 is 9.57. The Morgan fingerprint density at radius 3 is 2.80 bits per heavy atom. The Morgan fingerprint density at radius 1 is 1.04 bits per heavy atom. The van der Waals surface area contributed by atoms with E-state index in [9.17, 15) is 0 Å². The van der Waals surface area contributed by atoms with Crippen LogP contribution in [-0.4, -0.2) is 25.9 Å². The van der Waals surface area contributed by atoms with Gasteiger partial charge in [0.1, 0.15) is 6.33 Å². The van der Waals surface area contributed by atoms with E-state index < -0.39 is 0 Å². The van der Waals surface area contributed by atoms with Gasteiger partial charge in [-0.25, -0.2) is 9.67 Å². The number of imidazole rings is 1. The fourth-order valence-electron chi connectivity index (χ4n) is 2.90. The van der Waals surface area contributed by atoms with Gasteiger partial charge in [-0.1, -0.05) is 19.1 Å². The molecule has 5 nitrogen and oxygen atoms in total. The van der Waals surface area contributed by atoms with Gasteiger partial charge in [0.05, 0.1) is 23.3 Å². The second-order valence-corrected chi connectivity index (χ2v) is 5.96. The van der Waals surface area contributed by atoms with Crippen LogP contribution in [0.4, 0.5) is 0 Å². The Kier molecular flexibility index (Phi) is 4.31. The van der Waals surface area contributed by atoms with Crippen molar-refractivity contribution in [1.82, 2.24) is 19.3 Å². The molecule has 0 N–H and O–H groups in total. The lowest BCUT2D eigenvalue weighted by Gasteiger charge is -2.08. The van der Waals surface area contributed by atoms with Crippen LogP contribution in [0.25, 0.3) is 22.4 Å². The molecule has 2 aromatic heterocycles. The molecular weight excluding hydrogens is 312 g/mol. The third kappa shape index (κ3) is 3.19. The largest absolute Gasteiger partial charge is 0.377 e. The predicted molar refractivity (Wildman–Crippen MR) is 98.1 cm³/mol. The third-order valence-corrected chi connectivity index (χ3v) is 4.11. The summed E-state index contributed by atoms with van der Waals surface area (Å²) >= 11 is 0. The first-order chi connectivity index (χ1) is 12.3. The van der Waals surface area contributed by atoms with Crippen molar-refractivity contribution in [3.63, 3.8) is 0 Å². The van der Waals surface area contributed by atoms with Crippen LogP contribution in [0.3, 0.4) is 0 Å². The van der Waals surface area contributed by atoms with Gasteiger partial charge in [-0.2, -0.15) is 5.10 Å². The molecule has 2 heterocycles. The van der Waals surface area contributed by atoms with Crippen molar-refractivity contribution in [2.75, 3.05) is 6.61 Å². The number of benzene rings is 2. The number of nitrogens with zero attached hydrogens (tertiary/aromatic N) is 4. The molecule has 4 aromatic rings. The summed E-state index contributed by atoms with van der Waals surface area (Å²) in [4.78, 5) is 4.56. The molecule has 2 aromatic carbocycles. The minimum Gasteiger partial charge on any atom is -0.377 e. The SMILES string of the molecule is CCCOCc1ccc2c(c1)ncn2-c1cccc(-n2cccn2)c1. The number of rotatable bonds is 6. The Labute approximate surface area is 146 Å². The minimum absolute atomic E-state index is 0.630. The van der Waals surface area contributed by atoms with Crippen molar-refractivity contribution in [3.05, 3.63) is 72.8 Å². The van der Waals surface area contributed by atoms with Gasteiger partial charge in [0.25, 0.3) is 0 Å². The van der Waals surface area contributed by atoms with Crippen LogP contribution in [0.1, 0.15) is 18.9 Å². The quantitative estimate of drug-likeness (QED) is 0.499. The normalized spacial score (nSPS) is 11.2. The van der Waals surface area contributed by atoms with E-state index in [0.29, 0.717) is 6.61 Å². The molecule has 0 unspecified atom stereocenters. The van der Waals surface area contributed by atoms with Crippen molar-refractivity contribution < 1.29 is 4.74 Å². The molecular formula is C20H20N4O. The average Bonchev–Trinajstić information content (AvgIpc) is 3.32. The Bertz CT molecular complexity index is 972. The zero-order chi connectivity index (χ0) is 17.1. The highest BCUT2D eigenvalue weighted by Gasteiger charge is 2.07. The van der Waals surface area contributed by atoms with Crippen molar-refractivity contribution >= 4 is 11.0 Å². The predicted octanol–water partition coefficient (Wildman–Crippen LogP) is 4.14. The highest BCUT2D eigenvalue weighted by molar-refractivity contribution is 5.78. The van der Waals surface area contributed by atoms with Crippen LogP contribution >= 0.6 is 0 Å². The van der Waals surface area contributed by atoms with Crippen molar-refractivity contribution in [2.45, 2.75) is 20.0 Å². The van der Waals surface area contributed by atoms with E-state index >= 15 is 0 Å². The van der Waals surface area contributed by atoms with Crippen LogP contribution in [0.5, 0.6) is 0 Å². The molecule has 0 aliphatic rings. The maximum Gasteiger partial charge on any atom is 0.100 e. The molecule has 0 aliphatic carbocycles. The van der Waals surface area contributed by atoms with Crippen LogP contribution in [0, 0.1) is 0 Å². The molecule has 25 heavy (non-hydrogen) atoms. The molecule has 0 aliphatic heterocycles. The number of ether oxygens (including phenoxy) is 1. The highest BCUT2D eigenvalue weighted by Crippen LogP contribution is 2.21. The first-order valence-corrected chi connectivity index (χ1v) is 8.49. The lowest BCUT2D eigenvalue weighted by atomic mass is 10.2. The average molecular weight is 332 g/mol. The summed E-state index contributed by atoms with van der Waals surface area (Å²) in [6, 6.07) is 16.5. The van der Waals surface area contributed by atoms with Gasteiger partial charge in [0, 0.05) is 24.7 Å². The molecule has 0 bridgehead atoms. The van der Waals surface area contributed by atoms with Crippen LogP contribution in [0.15, 0.2) is 67.3 Å². The van der Waals surface area contributed by atoms with Gasteiger partial charge >= 0.3 is 0 Å². The summed E-state index contributed by atoms with van der Waals surface area (Å²) in [6.45, 7) is 3.53. The van der Waals surface area contributed by atoms with Gasteiger partial charge in [-0.3, -0.25) is 4.57 Å². The molecule has 0 spiro atoms. The molecule has 0 fully saturated rings. The van der Waals surface area contributed by atoms with E-state index in [1.54, 1.807) is 6.20 Å². The molecule has 0 radical (unpaired) electrons. The monoisotopic (exact) mass is 332 g/mol. The molecule has 0 amide bonds. The molecule has 0 saturated carbocycles. The van der Waals surface area contributed by atoms with Gasteiger partial charge in [-0.15, -0.1) is 0 Å². The minimum atomic E-state index is 0.630. The van der Waals surface area contributed by atoms with Crippen molar-refractivity contribution in [3.8, 4) is 11.4 Å². The van der Waals surface area contributed by atoms with Crippen molar-refractivity contribution in [1.29, 1.82) is 0 Å². The van der Waals surface area contributed by atoms with Crippen LogP contribution < -0.4 is 0 Å². The second-order valence-electron chi connectivity index (χ2n) is 5.96. The molecule has 0 saturated heterocycles. The summed E-state index contributed by atoms with van der Waals surface area (Å²) in [5.74, 6) is 0. The molecule has 4 rings (SSSR count). The number of aromatic nitrogens is 4. The fourth-order valence-corrected chi connectivity index (χ4v) is 2.90. The zero-order valence-electron chi connectivity index (χ0n) is 14.2. The number of hydrogen-bond donors (Lipinski definition) is 0. The second kappa shape index (κ2) is 6.91. The Hall–Kier alpha value is -2.92. The molecule has 0 atom stereocenters. The van der Waals surface area contributed by atoms with E-state index in [2.05, 4.69) is 51.9 Å². The van der Waals surface area contributed by atoms with Gasteiger partial charge in [-0.05, 0) is 48.4 Å². The standard InChI is InChI=1S/C20H20N4O/c1-2-11-25-14-16-7-8-20-19(12-16)21-15-23(20)17-5-3-6-18(13-17)24-10-4-9-22-24/h3-10,12-13,15H,2,11,14H2,1H3. The smallest absolute Gasteiger partial charge is 0.100 e. The van der Waals surface area contributed by atoms with Gasteiger partial charge in [0.2, 0.25) is 0 Å². The Morgan fingerprint density at radius 2 is 1.96 bits per heavy atom. The summed E-state index contributed by atoms with van der Waals surface area (Å²) in [5.41, 5.74) is 5.29. The number of hydrogen-bond acceptors (Lipinski definition) is 3. The zero-order valence-corrected chi connectivity index (χ0v) is 14.2. The van der Waals surface area contributed by atoms with E-state index in [1.165, 1.54) is 0 Å². The molecule has 5 heteroatoms. The summed E-state index contributed by atoms with van der Waals surface area (Å²) in [7, 11) is 0. The lowest BCUT2D eigenvalue weighted by Crippen LogP contribution is -1.98. The molecule has 126 valence electrons. The topological polar surface area (TPSA) is 44.9 Å². The van der Waals surface area contributed by atoms with E-state index in [0.717, 1.165) is 41.0 Å². The first kappa shape index (κ1) is 15.6. The van der Waals surface area contributed by atoms with Gasteiger partial charge in [0.15, 0.2) is 0 Å². The summed E-state index contributed by atoms with van der Waals surface area (Å²) in [5, 5.41) is 4.30. The van der Waals surface area contributed by atoms with E-state index in [1.807, 2.05) is 35.4 Å². The first-order valence-electron chi connectivity index (χ1n) is 8.49. The fraction of sp³-hybridized carbons (Fsp3) is 0.200. The van der Waals surface area contributed by atoms with E-state index in [4.69, 9.17) is 4.74 Å². The maximum atomic E-state index is 5.62. The third-order valence-electron chi connectivity index (χ3n) is 4.11. The van der Waals surface area contributed by atoms with Crippen LogP contribution in [0.2, 0.25) is 0 Å². The van der Waals surface area contributed by atoms with E-state index in [-0.39, 0.29) is 0 Å². The van der Waals surface area contributed by atoms with Crippen LogP contribution in [-0.2, 0) is 11.3 Å². The summed E-state index contributed by atoms with van der Waals surface area (Å²) in [6.07, 6.45) is 6.61.